The number of piperidine rings is 1. The lowest BCUT2D eigenvalue weighted by Gasteiger charge is -2.32. The topological polar surface area (TPSA) is 43.7 Å². The summed E-state index contributed by atoms with van der Waals surface area (Å²) in [6.07, 6.45) is 2.12. The van der Waals surface area contributed by atoms with E-state index in [-0.39, 0.29) is 12.2 Å². The van der Waals surface area contributed by atoms with Crippen molar-refractivity contribution in [3.63, 3.8) is 0 Å². The van der Waals surface area contributed by atoms with Gasteiger partial charge >= 0.3 is 0 Å². The zero-order chi connectivity index (χ0) is 12.3. The summed E-state index contributed by atoms with van der Waals surface area (Å²) in [5.41, 5.74) is 2.10. The molecule has 2 rings (SSSR count). The Kier molecular flexibility index (Phi) is 4.02. The Balaban J connectivity index is 2.06. The predicted octanol–water partition coefficient (Wildman–Crippen LogP) is 2.09. The van der Waals surface area contributed by atoms with Crippen molar-refractivity contribution in [2.24, 2.45) is 0 Å². The van der Waals surface area contributed by atoms with Crippen LogP contribution in [0.25, 0.3) is 0 Å². The Labute approximate surface area is 103 Å². The maximum absolute atomic E-state index is 9.72. The van der Waals surface area contributed by atoms with Crippen LogP contribution in [0.2, 0.25) is 0 Å². The normalized spacial score (nSPS) is 22.5. The van der Waals surface area contributed by atoms with Gasteiger partial charge in [-0.1, -0.05) is 19.1 Å². The fourth-order valence-corrected chi connectivity index (χ4v) is 2.33. The van der Waals surface area contributed by atoms with Gasteiger partial charge in [-0.2, -0.15) is 0 Å². The van der Waals surface area contributed by atoms with Crippen molar-refractivity contribution in [3.05, 3.63) is 29.8 Å². The summed E-state index contributed by atoms with van der Waals surface area (Å²) < 4.78 is 0. The van der Waals surface area contributed by atoms with Crippen LogP contribution in [0, 0.1) is 0 Å². The number of rotatable bonds is 3. The van der Waals surface area contributed by atoms with Gasteiger partial charge in [0, 0.05) is 18.8 Å². The minimum atomic E-state index is -0.365. The van der Waals surface area contributed by atoms with E-state index in [0.29, 0.717) is 0 Å². The predicted molar refractivity (Wildman–Crippen MR) is 69.1 cm³/mol. The Bertz CT molecular complexity index is 350. The van der Waals surface area contributed by atoms with Crippen molar-refractivity contribution < 1.29 is 10.2 Å². The van der Waals surface area contributed by atoms with Crippen LogP contribution in [0.3, 0.4) is 0 Å². The molecule has 94 valence electrons. The molecule has 0 aromatic heterocycles. The summed E-state index contributed by atoms with van der Waals surface area (Å²) in [5, 5.41) is 19.4. The van der Waals surface area contributed by atoms with Crippen molar-refractivity contribution >= 4 is 5.69 Å². The van der Waals surface area contributed by atoms with Gasteiger partial charge < -0.3 is 15.1 Å². The van der Waals surface area contributed by atoms with E-state index in [9.17, 15) is 10.2 Å². The Morgan fingerprint density at radius 2 is 2.06 bits per heavy atom. The molecule has 0 spiro atoms. The molecule has 1 unspecified atom stereocenters. The molecule has 2 N–H and O–H groups in total. The Morgan fingerprint density at radius 1 is 1.35 bits per heavy atom. The van der Waals surface area contributed by atoms with Crippen LogP contribution in [0.15, 0.2) is 24.3 Å². The second-order valence-electron chi connectivity index (χ2n) is 4.76. The van der Waals surface area contributed by atoms with E-state index in [0.717, 1.165) is 43.6 Å². The Morgan fingerprint density at radius 3 is 2.65 bits per heavy atom. The number of β-amino-alcohol motifs (C(OH)–C–C–N with tert-alkyl or cyclic N) is 1. The van der Waals surface area contributed by atoms with Crippen molar-refractivity contribution in [2.45, 2.75) is 38.4 Å². The molecule has 17 heavy (non-hydrogen) atoms. The van der Waals surface area contributed by atoms with E-state index in [1.807, 2.05) is 31.2 Å². The van der Waals surface area contributed by atoms with E-state index in [2.05, 4.69) is 4.90 Å². The summed E-state index contributed by atoms with van der Waals surface area (Å²) in [4.78, 5) is 2.20. The molecule has 0 bridgehead atoms. The van der Waals surface area contributed by atoms with Crippen LogP contribution in [0.1, 0.15) is 37.9 Å². The first kappa shape index (κ1) is 12.4. The Hall–Kier alpha value is -1.06. The molecule has 1 heterocycles. The summed E-state index contributed by atoms with van der Waals surface area (Å²) in [6, 6.07) is 8.02. The van der Waals surface area contributed by atoms with Crippen molar-refractivity contribution in [1.29, 1.82) is 0 Å². The first-order valence-electron chi connectivity index (χ1n) is 6.41. The third-order valence-corrected chi connectivity index (χ3v) is 3.43. The van der Waals surface area contributed by atoms with Crippen molar-refractivity contribution in [1.82, 2.24) is 0 Å². The van der Waals surface area contributed by atoms with Gasteiger partial charge in [-0.3, -0.25) is 0 Å². The molecule has 3 nitrogen and oxygen atoms in total. The molecule has 0 radical (unpaired) electrons. The molecule has 1 fully saturated rings. The largest absolute Gasteiger partial charge is 0.391 e. The number of anilines is 1. The zero-order valence-corrected chi connectivity index (χ0v) is 10.3. The molecule has 0 amide bonds. The van der Waals surface area contributed by atoms with Crippen molar-refractivity contribution in [3.8, 4) is 0 Å². The van der Waals surface area contributed by atoms with Crippen LogP contribution in [0.4, 0.5) is 5.69 Å². The third-order valence-electron chi connectivity index (χ3n) is 3.43. The zero-order valence-electron chi connectivity index (χ0n) is 10.3. The standard InChI is InChI=1S/C14H21NO2/c1-2-14(17)11-5-7-12(8-6-11)15-9-3-4-13(16)10-15/h5-8,13-14,16-17H,2-4,9-10H2,1H3/t13?,14-/m0/s1. The molecule has 0 saturated carbocycles. The monoisotopic (exact) mass is 235 g/mol. The number of aliphatic hydroxyl groups excluding tert-OH is 2. The molecule has 1 aliphatic heterocycles. The lowest BCUT2D eigenvalue weighted by atomic mass is 10.0. The maximum Gasteiger partial charge on any atom is 0.0787 e. The second-order valence-corrected chi connectivity index (χ2v) is 4.76. The molecule has 0 aliphatic carbocycles. The SMILES string of the molecule is CC[C@H](O)c1ccc(N2CCCC(O)C2)cc1. The smallest absolute Gasteiger partial charge is 0.0787 e. The minimum Gasteiger partial charge on any atom is -0.391 e. The molecular formula is C14H21NO2. The van der Waals surface area contributed by atoms with Crippen LogP contribution >= 0.6 is 0 Å². The summed E-state index contributed by atoms with van der Waals surface area (Å²) in [7, 11) is 0. The summed E-state index contributed by atoms with van der Waals surface area (Å²) in [5.74, 6) is 0. The van der Waals surface area contributed by atoms with Gasteiger partial charge in [0.1, 0.15) is 0 Å². The molecular weight excluding hydrogens is 214 g/mol. The fraction of sp³-hybridized carbons (Fsp3) is 0.571. The van der Waals surface area contributed by atoms with Crippen LogP contribution < -0.4 is 4.90 Å². The van der Waals surface area contributed by atoms with E-state index in [1.54, 1.807) is 0 Å². The second kappa shape index (κ2) is 5.52. The maximum atomic E-state index is 9.72. The first-order valence-corrected chi connectivity index (χ1v) is 6.41. The lowest BCUT2D eigenvalue weighted by molar-refractivity contribution is 0.154. The van der Waals surface area contributed by atoms with Gasteiger partial charge in [-0.15, -0.1) is 0 Å². The highest BCUT2D eigenvalue weighted by Gasteiger charge is 2.17. The molecule has 3 heteroatoms. The summed E-state index contributed by atoms with van der Waals surface area (Å²) >= 11 is 0. The fourth-order valence-electron chi connectivity index (χ4n) is 2.33. The number of hydrogen-bond acceptors (Lipinski definition) is 3. The van der Waals surface area contributed by atoms with E-state index in [4.69, 9.17) is 0 Å². The van der Waals surface area contributed by atoms with Gasteiger partial charge in [0.15, 0.2) is 0 Å². The van der Waals surface area contributed by atoms with Crippen LogP contribution in [-0.4, -0.2) is 29.4 Å². The van der Waals surface area contributed by atoms with Gasteiger partial charge in [0.2, 0.25) is 0 Å². The average molecular weight is 235 g/mol. The molecule has 1 aromatic carbocycles. The van der Waals surface area contributed by atoms with Gasteiger partial charge in [-0.05, 0) is 37.0 Å². The minimum absolute atomic E-state index is 0.204. The highest BCUT2D eigenvalue weighted by atomic mass is 16.3. The van der Waals surface area contributed by atoms with E-state index >= 15 is 0 Å². The molecule has 2 atom stereocenters. The molecule has 1 aromatic rings. The van der Waals surface area contributed by atoms with Crippen molar-refractivity contribution in [2.75, 3.05) is 18.0 Å². The van der Waals surface area contributed by atoms with Crippen LogP contribution in [0.5, 0.6) is 0 Å². The molecule has 1 aliphatic rings. The first-order chi connectivity index (χ1) is 8.20. The number of hydrogen-bond donors (Lipinski definition) is 2. The number of benzene rings is 1. The molecule has 1 saturated heterocycles. The highest BCUT2D eigenvalue weighted by molar-refractivity contribution is 5.48. The van der Waals surface area contributed by atoms with Gasteiger partial charge in [0.25, 0.3) is 0 Å². The van der Waals surface area contributed by atoms with Gasteiger partial charge in [-0.25, -0.2) is 0 Å². The average Bonchev–Trinajstić information content (AvgIpc) is 2.38. The van der Waals surface area contributed by atoms with E-state index in [1.165, 1.54) is 0 Å². The van der Waals surface area contributed by atoms with E-state index < -0.39 is 0 Å². The number of nitrogens with zero attached hydrogens (tertiary/aromatic N) is 1. The van der Waals surface area contributed by atoms with Gasteiger partial charge in [0.05, 0.1) is 12.2 Å². The highest BCUT2D eigenvalue weighted by Crippen LogP contribution is 2.23. The summed E-state index contributed by atoms with van der Waals surface area (Å²) in [6.45, 7) is 3.70. The quantitative estimate of drug-likeness (QED) is 0.843. The third kappa shape index (κ3) is 2.99. The van der Waals surface area contributed by atoms with Crippen LogP contribution in [-0.2, 0) is 0 Å². The lowest BCUT2D eigenvalue weighted by Crippen LogP contribution is -2.38. The number of aliphatic hydroxyl groups is 2.